The van der Waals surface area contributed by atoms with Crippen molar-refractivity contribution in [2.24, 2.45) is 0 Å². The Morgan fingerprint density at radius 3 is 2.21 bits per heavy atom. The van der Waals surface area contributed by atoms with Gasteiger partial charge in [-0.15, -0.1) is 0 Å². The number of anilines is 1. The van der Waals surface area contributed by atoms with Gasteiger partial charge in [0.1, 0.15) is 0 Å². The van der Waals surface area contributed by atoms with Gasteiger partial charge in [-0.1, -0.05) is 18.7 Å². The van der Waals surface area contributed by atoms with Crippen molar-refractivity contribution in [3.05, 3.63) is 64.6 Å². The van der Waals surface area contributed by atoms with Crippen molar-refractivity contribution in [3.8, 4) is 0 Å². The predicted molar refractivity (Wildman–Crippen MR) is 139 cm³/mol. The van der Waals surface area contributed by atoms with E-state index in [0.29, 0.717) is 28.9 Å². The van der Waals surface area contributed by atoms with Crippen molar-refractivity contribution in [1.29, 1.82) is 0 Å². The number of sulfonamides is 1. The number of carbonyl (C=O) groups is 2. The summed E-state index contributed by atoms with van der Waals surface area (Å²) < 4.78 is 27.2. The number of rotatable bonds is 13. The zero-order valence-corrected chi connectivity index (χ0v) is 22.0. The number of amides is 2. The summed E-state index contributed by atoms with van der Waals surface area (Å²) in [4.78, 5) is 26.8. The lowest BCUT2D eigenvalue weighted by atomic mass is 10.2. The van der Waals surface area contributed by atoms with E-state index in [-0.39, 0.29) is 29.7 Å². The normalized spacial score (nSPS) is 13.0. The number of carbonyl (C=O) groups excluding carboxylic acids is 2. The maximum absolute atomic E-state index is 13.0. The van der Waals surface area contributed by atoms with E-state index in [1.54, 1.807) is 51.1 Å². The molecule has 0 aromatic heterocycles. The van der Waals surface area contributed by atoms with Gasteiger partial charge in [-0.2, -0.15) is 0 Å². The van der Waals surface area contributed by atoms with Crippen LogP contribution >= 0.6 is 0 Å². The van der Waals surface area contributed by atoms with Crippen LogP contribution in [0.1, 0.15) is 44.0 Å². The summed E-state index contributed by atoms with van der Waals surface area (Å²) >= 11 is 0. The van der Waals surface area contributed by atoms with E-state index >= 15 is 0 Å². The Morgan fingerprint density at radius 2 is 1.68 bits per heavy atom. The van der Waals surface area contributed by atoms with Gasteiger partial charge in [0.05, 0.1) is 4.91 Å². The molecule has 0 atom stereocenters. The minimum atomic E-state index is -3.78. The average Bonchev–Trinajstić information content (AvgIpc) is 2.79. The van der Waals surface area contributed by atoms with Gasteiger partial charge in [-0.3, -0.25) is 9.59 Å². The fraction of sp³-hybridized carbons (Fsp3) is 0.440. The molecule has 9 heteroatoms. The van der Waals surface area contributed by atoms with Crippen LogP contribution in [0.3, 0.4) is 0 Å². The smallest absolute Gasteiger partial charge is 0.251 e. The van der Waals surface area contributed by atoms with Crippen LogP contribution in [0.2, 0.25) is 0 Å². The molecule has 0 unspecified atom stereocenters. The summed E-state index contributed by atoms with van der Waals surface area (Å²) in [5.41, 5.74) is 2.21. The van der Waals surface area contributed by atoms with Crippen molar-refractivity contribution in [1.82, 2.24) is 14.5 Å². The quantitative estimate of drug-likeness (QED) is 0.326. The van der Waals surface area contributed by atoms with Crippen LogP contribution in [0.5, 0.6) is 0 Å². The van der Waals surface area contributed by atoms with Gasteiger partial charge in [-0.05, 0) is 83.2 Å². The summed E-state index contributed by atoms with van der Waals surface area (Å²) in [6.45, 7) is 10.4. The first-order valence-corrected chi connectivity index (χ1v) is 12.6. The molecule has 2 amide bonds. The number of benzene rings is 1. The summed E-state index contributed by atoms with van der Waals surface area (Å²) in [5.74, 6) is -0.491. The minimum Gasteiger partial charge on any atom is -0.352 e. The van der Waals surface area contributed by atoms with Crippen LogP contribution in [0.25, 0.3) is 0 Å². The summed E-state index contributed by atoms with van der Waals surface area (Å²) in [5, 5.41) is 5.60. The molecule has 0 radical (unpaired) electrons. The highest BCUT2D eigenvalue weighted by molar-refractivity contribution is 7.93. The molecular weight excluding hydrogens is 452 g/mol. The molecule has 2 N–H and O–H groups in total. The van der Waals surface area contributed by atoms with E-state index in [4.69, 9.17) is 0 Å². The molecule has 0 aliphatic rings. The van der Waals surface area contributed by atoms with Crippen LogP contribution in [0, 0.1) is 0 Å². The third-order valence-corrected chi connectivity index (χ3v) is 7.44. The standard InChI is InChI=1S/C25H38N4O4S/c1-8-19(3)24(20(4)9-2)34(32,33)29(7)18-15-23(30)27-22-13-11-21(12-14-22)25(31)26-16-10-17-28(5)6/h8-9,11-14H,1,10,15-18H2,2-7H3,(H,26,31)(H,27,30)/b20-9-,24-19+. The Kier molecular flexibility index (Phi) is 11.9. The maximum atomic E-state index is 13.0. The lowest BCUT2D eigenvalue weighted by Crippen LogP contribution is -2.32. The molecule has 1 aromatic rings. The van der Waals surface area contributed by atoms with E-state index in [1.165, 1.54) is 17.4 Å². The zero-order valence-electron chi connectivity index (χ0n) is 21.1. The first-order valence-electron chi connectivity index (χ1n) is 11.2. The number of hydrogen-bond donors (Lipinski definition) is 2. The van der Waals surface area contributed by atoms with Gasteiger partial charge < -0.3 is 15.5 Å². The van der Waals surface area contributed by atoms with E-state index in [9.17, 15) is 18.0 Å². The Morgan fingerprint density at radius 1 is 1.06 bits per heavy atom. The highest BCUT2D eigenvalue weighted by Crippen LogP contribution is 2.24. The van der Waals surface area contributed by atoms with Gasteiger partial charge in [-0.25, -0.2) is 12.7 Å². The largest absolute Gasteiger partial charge is 0.352 e. The van der Waals surface area contributed by atoms with Crippen molar-refractivity contribution < 1.29 is 18.0 Å². The van der Waals surface area contributed by atoms with Crippen molar-refractivity contribution in [2.75, 3.05) is 46.1 Å². The summed E-state index contributed by atoms with van der Waals surface area (Å²) in [6.07, 6.45) is 4.08. The molecule has 0 fully saturated rings. The Balaban J connectivity index is 2.68. The molecule has 8 nitrogen and oxygen atoms in total. The molecule has 0 spiro atoms. The van der Waals surface area contributed by atoms with Gasteiger partial charge in [0.2, 0.25) is 15.9 Å². The first kappa shape index (κ1) is 29.3. The van der Waals surface area contributed by atoms with Gasteiger partial charge in [0.25, 0.3) is 5.91 Å². The summed E-state index contributed by atoms with van der Waals surface area (Å²) in [6, 6.07) is 6.58. The zero-order chi connectivity index (χ0) is 25.9. The monoisotopic (exact) mass is 490 g/mol. The SMILES string of the molecule is C=C/C(C)=C(\C(C)=C/C)S(=O)(=O)N(C)CCC(=O)Nc1ccc(C(=O)NCCCN(C)C)cc1. The molecule has 34 heavy (non-hydrogen) atoms. The second-order valence-electron chi connectivity index (χ2n) is 8.30. The van der Waals surface area contributed by atoms with Gasteiger partial charge in [0, 0.05) is 37.8 Å². The highest BCUT2D eigenvalue weighted by Gasteiger charge is 2.26. The van der Waals surface area contributed by atoms with Crippen molar-refractivity contribution in [2.45, 2.75) is 33.6 Å². The lowest BCUT2D eigenvalue weighted by Gasteiger charge is -2.21. The van der Waals surface area contributed by atoms with Gasteiger partial charge in [0.15, 0.2) is 0 Å². The van der Waals surface area contributed by atoms with E-state index in [0.717, 1.165) is 13.0 Å². The number of nitrogens with zero attached hydrogens (tertiary/aromatic N) is 2. The van der Waals surface area contributed by atoms with Crippen LogP contribution in [0.4, 0.5) is 5.69 Å². The molecule has 0 saturated carbocycles. The average molecular weight is 491 g/mol. The van der Waals surface area contributed by atoms with E-state index < -0.39 is 10.0 Å². The molecular formula is C25H38N4O4S. The third-order valence-electron chi connectivity index (χ3n) is 5.28. The molecule has 0 heterocycles. The Hall–Kier alpha value is -2.75. The van der Waals surface area contributed by atoms with Crippen molar-refractivity contribution in [3.63, 3.8) is 0 Å². The molecule has 1 rings (SSSR count). The Bertz CT molecular complexity index is 1030. The molecule has 0 aliphatic heterocycles. The number of nitrogens with one attached hydrogen (secondary N) is 2. The summed E-state index contributed by atoms with van der Waals surface area (Å²) in [7, 11) is 1.64. The molecule has 0 saturated heterocycles. The number of allylic oxidation sites excluding steroid dienone is 4. The van der Waals surface area contributed by atoms with Crippen molar-refractivity contribution >= 4 is 27.5 Å². The van der Waals surface area contributed by atoms with E-state index in [2.05, 4.69) is 22.1 Å². The van der Waals surface area contributed by atoms with Crippen LogP contribution in [-0.2, 0) is 14.8 Å². The highest BCUT2D eigenvalue weighted by atomic mass is 32.2. The Labute approximate surface area is 204 Å². The molecule has 0 bridgehead atoms. The van der Waals surface area contributed by atoms with E-state index in [1.807, 2.05) is 14.1 Å². The maximum Gasteiger partial charge on any atom is 0.251 e. The number of hydrogen-bond acceptors (Lipinski definition) is 5. The predicted octanol–water partition coefficient (Wildman–Crippen LogP) is 3.38. The molecule has 188 valence electrons. The van der Waals surface area contributed by atoms with Crippen LogP contribution in [-0.4, -0.2) is 70.2 Å². The van der Waals surface area contributed by atoms with Crippen LogP contribution < -0.4 is 10.6 Å². The third kappa shape index (κ3) is 8.89. The topological polar surface area (TPSA) is 98.8 Å². The second kappa shape index (κ2) is 13.8. The molecule has 0 aliphatic carbocycles. The minimum absolute atomic E-state index is 0.0147. The molecule has 1 aromatic carbocycles. The second-order valence-corrected chi connectivity index (χ2v) is 10.3. The fourth-order valence-electron chi connectivity index (χ4n) is 3.10. The van der Waals surface area contributed by atoms with Crippen LogP contribution in [0.15, 0.2) is 59.0 Å². The first-order chi connectivity index (χ1) is 15.9. The fourth-order valence-corrected chi connectivity index (χ4v) is 4.76. The lowest BCUT2D eigenvalue weighted by molar-refractivity contribution is -0.116. The van der Waals surface area contributed by atoms with Gasteiger partial charge >= 0.3 is 0 Å².